The fourth-order valence-corrected chi connectivity index (χ4v) is 4.92. The molecule has 0 radical (unpaired) electrons. The molecule has 0 bridgehead atoms. The summed E-state index contributed by atoms with van der Waals surface area (Å²) in [5, 5.41) is 0. The van der Waals surface area contributed by atoms with Crippen LogP contribution in [0.25, 0.3) is 0 Å². The number of hydrogen-bond acceptors (Lipinski definition) is 0. The van der Waals surface area contributed by atoms with Crippen molar-refractivity contribution in [3.8, 4) is 0 Å². The Labute approximate surface area is 144 Å². The summed E-state index contributed by atoms with van der Waals surface area (Å²) in [5.74, 6) is 2.82. The maximum absolute atomic E-state index is 2.59. The second-order valence-electron chi connectivity index (χ2n) is 8.26. The van der Waals surface area contributed by atoms with Gasteiger partial charge in [0.2, 0.25) is 0 Å². The molecule has 0 spiro atoms. The smallest absolute Gasteiger partial charge is 0.0162 e. The second kappa shape index (κ2) is 8.36. The monoisotopic (exact) mass is 312 g/mol. The van der Waals surface area contributed by atoms with Gasteiger partial charge < -0.3 is 0 Å². The van der Waals surface area contributed by atoms with E-state index in [1.165, 1.54) is 77.0 Å². The Bertz CT molecular complexity index is 479. The molecule has 0 heteroatoms. The molecular formula is C23H36. The van der Waals surface area contributed by atoms with Gasteiger partial charge in [0.15, 0.2) is 0 Å². The minimum Gasteiger partial charge on any atom is -0.0654 e. The molecule has 0 aromatic heterocycles. The van der Waals surface area contributed by atoms with Gasteiger partial charge >= 0.3 is 0 Å². The highest BCUT2D eigenvalue weighted by atomic mass is 14.3. The third kappa shape index (κ3) is 4.40. The van der Waals surface area contributed by atoms with E-state index in [4.69, 9.17) is 0 Å². The minimum atomic E-state index is 0.853. The van der Waals surface area contributed by atoms with E-state index in [-0.39, 0.29) is 0 Å². The van der Waals surface area contributed by atoms with Crippen molar-refractivity contribution in [3.05, 3.63) is 34.9 Å². The molecule has 1 fully saturated rings. The van der Waals surface area contributed by atoms with Crippen molar-refractivity contribution in [2.24, 2.45) is 11.8 Å². The molecule has 128 valence electrons. The molecule has 0 heterocycles. The number of unbranched alkanes of at least 4 members (excludes halogenated alkanes) is 2. The lowest BCUT2D eigenvalue weighted by Crippen LogP contribution is -2.16. The maximum Gasteiger partial charge on any atom is -0.0162 e. The molecule has 1 aromatic rings. The molecule has 3 rings (SSSR count). The molecule has 0 aliphatic heterocycles. The largest absolute Gasteiger partial charge is 0.0654 e. The Kier molecular flexibility index (Phi) is 6.20. The highest BCUT2D eigenvalue weighted by molar-refractivity contribution is 5.36. The normalized spacial score (nSPS) is 27.7. The lowest BCUT2D eigenvalue weighted by Gasteiger charge is -2.30. The fourth-order valence-electron chi connectivity index (χ4n) is 4.92. The van der Waals surface area contributed by atoms with Crippen LogP contribution in [0.15, 0.2) is 18.2 Å². The number of aryl methyl sites for hydroxylation is 1. The van der Waals surface area contributed by atoms with Crippen molar-refractivity contribution in [1.29, 1.82) is 0 Å². The first-order valence-corrected chi connectivity index (χ1v) is 10.4. The molecule has 1 aromatic carbocycles. The van der Waals surface area contributed by atoms with Crippen LogP contribution >= 0.6 is 0 Å². The van der Waals surface area contributed by atoms with Gasteiger partial charge in [-0.05, 0) is 79.4 Å². The quantitative estimate of drug-likeness (QED) is 0.493. The van der Waals surface area contributed by atoms with Crippen molar-refractivity contribution in [2.75, 3.05) is 0 Å². The molecule has 0 amide bonds. The topological polar surface area (TPSA) is 0 Å². The van der Waals surface area contributed by atoms with E-state index in [1.54, 1.807) is 16.7 Å². The van der Waals surface area contributed by atoms with Gasteiger partial charge in [0.1, 0.15) is 0 Å². The highest BCUT2D eigenvalue weighted by Crippen LogP contribution is 2.39. The zero-order chi connectivity index (χ0) is 16.1. The van der Waals surface area contributed by atoms with E-state index in [0.29, 0.717) is 0 Å². The Morgan fingerprint density at radius 3 is 2.43 bits per heavy atom. The van der Waals surface area contributed by atoms with Crippen LogP contribution < -0.4 is 0 Å². The van der Waals surface area contributed by atoms with Crippen molar-refractivity contribution >= 4 is 0 Å². The number of rotatable bonds is 6. The van der Waals surface area contributed by atoms with Crippen molar-refractivity contribution < 1.29 is 0 Å². The van der Waals surface area contributed by atoms with E-state index >= 15 is 0 Å². The average Bonchev–Trinajstić information content (AvgIpc) is 2.61. The summed E-state index contributed by atoms with van der Waals surface area (Å²) in [6, 6.07) is 7.53. The summed E-state index contributed by atoms with van der Waals surface area (Å²) in [6.07, 6.45) is 17.0. The third-order valence-corrected chi connectivity index (χ3v) is 6.67. The van der Waals surface area contributed by atoms with Crippen molar-refractivity contribution in [1.82, 2.24) is 0 Å². The zero-order valence-electron chi connectivity index (χ0n) is 15.4. The lowest BCUT2D eigenvalue weighted by molar-refractivity contribution is 0.302. The predicted molar refractivity (Wildman–Crippen MR) is 101 cm³/mol. The summed E-state index contributed by atoms with van der Waals surface area (Å²) in [4.78, 5) is 0. The van der Waals surface area contributed by atoms with E-state index in [1.807, 2.05) is 0 Å². The molecule has 2 aliphatic carbocycles. The van der Waals surface area contributed by atoms with Gasteiger partial charge in [-0.1, -0.05) is 64.2 Å². The molecule has 1 saturated carbocycles. The average molecular weight is 313 g/mol. The van der Waals surface area contributed by atoms with Crippen LogP contribution in [0.5, 0.6) is 0 Å². The summed E-state index contributed by atoms with van der Waals surface area (Å²) in [7, 11) is 0. The van der Waals surface area contributed by atoms with Crippen LogP contribution in [-0.2, 0) is 12.8 Å². The van der Waals surface area contributed by atoms with E-state index < -0.39 is 0 Å². The molecule has 0 saturated heterocycles. The van der Waals surface area contributed by atoms with E-state index in [2.05, 4.69) is 32.0 Å². The summed E-state index contributed by atoms with van der Waals surface area (Å²) >= 11 is 0. The molecule has 0 N–H and O–H groups in total. The van der Waals surface area contributed by atoms with Crippen molar-refractivity contribution in [2.45, 2.75) is 96.8 Å². The van der Waals surface area contributed by atoms with Crippen LogP contribution in [0, 0.1) is 11.8 Å². The van der Waals surface area contributed by atoms with Crippen LogP contribution in [0.1, 0.15) is 101 Å². The van der Waals surface area contributed by atoms with Gasteiger partial charge in [-0.3, -0.25) is 0 Å². The minimum absolute atomic E-state index is 0.853. The molecular weight excluding hydrogens is 276 g/mol. The fraction of sp³-hybridized carbons (Fsp3) is 0.739. The Balaban J connectivity index is 1.55. The van der Waals surface area contributed by atoms with Gasteiger partial charge in [0.05, 0.1) is 0 Å². The number of benzene rings is 1. The Hall–Kier alpha value is -0.780. The molecule has 1 atom stereocenters. The lowest BCUT2D eigenvalue weighted by atomic mass is 9.75. The van der Waals surface area contributed by atoms with Crippen LogP contribution in [0.4, 0.5) is 0 Å². The summed E-state index contributed by atoms with van der Waals surface area (Å²) in [5.41, 5.74) is 4.99. The predicted octanol–water partition coefficient (Wildman–Crippen LogP) is 7.06. The second-order valence-corrected chi connectivity index (χ2v) is 8.26. The summed E-state index contributed by atoms with van der Waals surface area (Å²) in [6.45, 7) is 4.67. The van der Waals surface area contributed by atoms with Gasteiger partial charge in [0.25, 0.3) is 0 Å². The standard InChI is InChI=1S/C23H36/c1-3-5-6-7-19-9-11-20(12-10-19)22-15-14-21-16-18(4-2)8-13-23(21)17-22/h14-15,17-20H,3-13,16H2,1-2H3. The third-order valence-electron chi connectivity index (χ3n) is 6.67. The van der Waals surface area contributed by atoms with Crippen LogP contribution in [0.2, 0.25) is 0 Å². The van der Waals surface area contributed by atoms with E-state index in [0.717, 1.165) is 17.8 Å². The maximum atomic E-state index is 2.59. The Morgan fingerprint density at radius 1 is 0.870 bits per heavy atom. The van der Waals surface area contributed by atoms with Gasteiger partial charge in [0, 0.05) is 0 Å². The first-order chi connectivity index (χ1) is 11.3. The summed E-state index contributed by atoms with van der Waals surface area (Å²) < 4.78 is 0. The van der Waals surface area contributed by atoms with E-state index in [9.17, 15) is 0 Å². The molecule has 1 unspecified atom stereocenters. The van der Waals surface area contributed by atoms with Gasteiger partial charge in [-0.15, -0.1) is 0 Å². The van der Waals surface area contributed by atoms with Gasteiger partial charge in [-0.2, -0.15) is 0 Å². The molecule has 2 aliphatic rings. The highest BCUT2D eigenvalue weighted by Gasteiger charge is 2.24. The Morgan fingerprint density at radius 2 is 1.70 bits per heavy atom. The molecule has 0 nitrogen and oxygen atoms in total. The zero-order valence-corrected chi connectivity index (χ0v) is 15.4. The van der Waals surface area contributed by atoms with Crippen molar-refractivity contribution in [3.63, 3.8) is 0 Å². The SMILES string of the molecule is CCCCCC1CCC(c2ccc3c(c2)CCC(CC)C3)CC1. The van der Waals surface area contributed by atoms with Gasteiger partial charge in [-0.25, -0.2) is 0 Å². The van der Waals surface area contributed by atoms with Crippen LogP contribution in [-0.4, -0.2) is 0 Å². The first kappa shape index (κ1) is 17.1. The molecule has 23 heavy (non-hydrogen) atoms. The number of fused-ring (bicyclic) bond motifs is 1. The number of hydrogen-bond donors (Lipinski definition) is 0. The van der Waals surface area contributed by atoms with Crippen LogP contribution in [0.3, 0.4) is 0 Å². The first-order valence-electron chi connectivity index (χ1n) is 10.4.